The van der Waals surface area contributed by atoms with Crippen molar-refractivity contribution < 1.29 is 17.6 Å². The van der Waals surface area contributed by atoms with E-state index in [1.54, 1.807) is 30.3 Å². The van der Waals surface area contributed by atoms with Gasteiger partial charge in [0.1, 0.15) is 23.3 Å². The van der Waals surface area contributed by atoms with E-state index in [-0.39, 0.29) is 28.6 Å². The summed E-state index contributed by atoms with van der Waals surface area (Å²) >= 11 is 0. The smallest absolute Gasteiger partial charge is 0.164 e. The molecule has 0 aliphatic heterocycles. The van der Waals surface area contributed by atoms with Crippen molar-refractivity contribution in [3.05, 3.63) is 90.0 Å². The van der Waals surface area contributed by atoms with E-state index in [9.17, 15) is 17.6 Å². The van der Waals surface area contributed by atoms with Gasteiger partial charge in [0.2, 0.25) is 0 Å². The zero-order valence-electron chi connectivity index (χ0n) is 14.2. The van der Waals surface area contributed by atoms with Gasteiger partial charge in [0.25, 0.3) is 0 Å². The van der Waals surface area contributed by atoms with Gasteiger partial charge in [-0.2, -0.15) is 0 Å². The van der Waals surface area contributed by atoms with Crippen LogP contribution in [-0.4, -0.2) is 15.0 Å². The fourth-order valence-corrected chi connectivity index (χ4v) is 2.72. The van der Waals surface area contributed by atoms with Crippen LogP contribution in [0.15, 0.2) is 66.7 Å². The molecule has 4 rings (SSSR count). The van der Waals surface area contributed by atoms with Crippen molar-refractivity contribution in [3.8, 4) is 34.2 Å². The number of halogens is 4. The third-order valence-corrected chi connectivity index (χ3v) is 3.91. The van der Waals surface area contributed by atoms with Crippen LogP contribution in [0.5, 0.6) is 0 Å². The summed E-state index contributed by atoms with van der Waals surface area (Å²) in [7, 11) is 0. The molecule has 0 bridgehead atoms. The molecule has 0 N–H and O–H groups in total. The summed E-state index contributed by atoms with van der Waals surface area (Å²) < 4.78 is 54.6. The van der Waals surface area contributed by atoms with Crippen LogP contribution in [0.3, 0.4) is 0 Å². The zero-order chi connectivity index (χ0) is 19.7. The highest BCUT2D eigenvalue weighted by Gasteiger charge is 2.14. The minimum absolute atomic E-state index is 0.0214. The first-order chi connectivity index (χ1) is 13.5. The van der Waals surface area contributed by atoms with E-state index in [4.69, 9.17) is 0 Å². The number of hydrogen-bond acceptors (Lipinski definition) is 3. The summed E-state index contributed by atoms with van der Waals surface area (Å²) in [5.74, 6) is -3.02. The lowest BCUT2D eigenvalue weighted by Crippen LogP contribution is -2.01. The zero-order valence-corrected chi connectivity index (χ0v) is 14.2. The molecule has 28 heavy (non-hydrogen) atoms. The maximum absolute atomic E-state index is 13.7. The molecule has 0 unspecified atom stereocenters. The van der Waals surface area contributed by atoms with Crippen molar-refractivity contribution in [1.82, 2.24) is 15.0 Å². The molecule has 0 saturated heterocycles. The lowest BCUT2D eigenvalue weighted by atomic mass is 10.1. The third kappa shape index (κ3) is 3.73. The van der Waals surface area contributed by atoms with E-state index < -0.39 is 23.3 Å². The fourth-order valence-electron chi connectivity index (χ4n) is 2.72. The molecule has 0 atom stereocenters. The van der Waals surface area contributed by atoms with E-state index in [0.717, 1.165) is 36.4 Å². The maximum atomic E-state index is 13.7. The average molecular weight is 381 g/mol. The van der Waals surface area contributed by atoms with E-state index >= 15 is 0 Å². The first-order valence-corrected chi connectivity index (χ1v) is 8.22. The summed E-state index contributed by atoms with van der Waals surface area (Å²) in [6, 6.07) is 14.6. The van der Waals surface area contributed by atoms with E-state index in [1.165, 1.54) is 0 Å². The Bertz CT molecular complexity index is 1050. The molecule has 0 fully saturated rings. The summed E-state index contributed by atoms with van der Waals surface area (Å²) in [5.41, 5.74) is 0.770. The van der Waals surface area contributed by atoms with Gasteiger partial charge >= 0.3 is 0 Å². The molecule has 0 aliphatic rings. The number of aromatic nitrogens is 3. The molecule has 0 spiro atoms. The topological polar surface area (TPSA) is 38.7 Å². The molecule has 0 amide bonds. The van der Waals surface area contributed by atoms with Crippen LogP contribution < -0.4 is 0 Å². The van der Waals surface area contributed by atoms with Gasteiger partial charge in [0, 0.05) is 28.8 Å². The van der Waals surface area contributed by atoms with E-state index in [0.29, 0.717) is 5.56 Å². The second-order valence-corrected chi connectivity index (χ2v) is 5.99. The third-order valence-electron chi connectivity index (χ3n) is 3.91. The summed E-state index contributed by atoms with van der Waals surface area (Å²) in [5, 5.41) is 0. The number of benzene rings is 3. The molecular formula is C21H11F4N3. The molecule has 1 aromatic heterocycles. The molecule has 7 heteroatoms. The Morgan fingerprint density at radius 3 is 1.18 bits per heavy atom. The van der Waals surface area contributed by atoms with Crippen LogP contribution in [0.25, 0.3) is 34.2 Å². The van der Waals surface area contributed by atoms with E-state index in [2.05, 4.69) is 15.0 Å². The van der Waals surface area contributed by atoms with Crippen LogP contribution in [0.4, 0.5) is 17.6 Å². The quantitative estimate of drug-likeness (QED) is 0.444. The van der Waals surface area contributed by atoms with Gasteiger partial charge in [-0.05, 0) is 24.3 Å². The Kier molecular flexibility index (Phi) is 4.57. The molecule has 3 aromatic carbocycles. The van der Waals surface area contributed by atoms with Crippen LogP contribution in [-0.2, 0) is 0 Å². The first kappa shape index (κ1) is 17.8. The van der Waals surface area contributed by atoms with E-state index in [1.807, 2.05) is 0 Å². The van der Waals surface area contributed by atoms with Crippen LogP contribution >= 0.6 is 0 Å². The number of nitrogens with zero attached hydrogens (tertiary/aromatic N) is 3. The first-order valence-electron chi connectivity index (χ1n) is 8.22. The molecular weight excluding hydrogens is 370 g/mol. The van der Waals surface area contributed by atoms with Crippen molar-refractivity contribution in [2.45, 2.75) is 0 Å². The molecule has 0 saturated carbocycles. The summed E-state index contributed by atoms with van der Waals surface area (Å²) in [6.45, 7) is 0. The minimum atomic E-state index is -0.796. The Hall–Kier alpha value is -3.61. The van der Waals surface area contributed by atoms with Crippen molar-refractivity contribution in [2.24, 2.45) is 0 Å². The van der Waals surface area contributed by atoms with Gasteiger partial charge in [0.05, 0.1) is 0 Å². The number of hydrogen-bond donors (Lipinski definition) is 0. The van der Waals surface area contributed by atoms with Gasteiger partial charge in [-0.15, -0.1) is 0 Å². The molecule has 0 aliphatic carbocycles. The lowest BCUT2D eigenvalue weighted by molar-refractivity contribution is 0.583. The minimum Gasteiger partial charge on any atom is -0.208 e. The van der Waals surface area contributed by atoms with Gasteiger partial charge in [-0.25, -0.2) is 32.5 Å². The fraction of sp³-hybridized carbons (Fsp3) is 0. The maximum Gasteiger partial charge on any atom is 0.164 e. The molecule has 1 heterocycles. The monoisotopic (exact) mass is 381 g/mol. The van der Waals surface area contributed by atoms with Crippen molar-refractivity contribution in [3.63, 3.8) is 0 Å². The highest BCUT2D eigenvalue weighted by Crippen LogP contribution is 2.26. The van der Waals surface area contributed by atoms with Crippen LogP contribution in [0.2, 0.25) is 0 Å². The highest BCUT2D eigenvalue weighted by atomic mass is 19.1. The SMILES string of the molecule is Fc1cc(F)cc(-c2nc(-c3ccccc3)nc(-c3cc(F)cc(F)c3)n2)c1. The summed E-state index contributed by atoms with van der Waals surface area (Å²) in [6.07, 6.45) is 0. The summed E-state index contributed by atoms with van der Waals surface area (Å²) in [4.78, 5) is 12.7. The van der Waals surface area contributed by atoms with Crippen molar-refractivity contribution >= 4 is 0 Å². The van der Waals surface area contributed by atoms with Crippen molar-refractivity contribution in [2.75, 3.05) is 0 Å². The second-order valence-electron chi connectivity index (χ2n) is 5.99. The van der Waals surface area contributed by atoms with Gasteiger partial charge in [0.15, 0.2) is 17.5 Å². The predicted octanol–water partition coefficient (Wildman–Crippen LogP) is 5.43. The Morgan fingerprint density at radius 1 is 0.429 bits per heavy atom. The Labute approximate surface area is 157 Å². The molecule has 3 nitrogen and oxygen atoms in total. The number of rotatable bonds is 3. The molecule has 4 aromatic rings. The van der Waals surface area contributed by atoms with Crippen LogP contribution in [0.1, 0.15) is 0 Å². The molecule has 0 radical (unpaired) electrons. The van der Waals surface area contributed by atoms with Crippen molar-refractivity contribution in [1.29, 1.82) is 0 Å². The van der Waals surface area contributed by atoms with Crippen LogP contribution in [0, 0.1) is 23.3 Å². The predicted molar refractivity (Wildman–Crippen MR) is 96.0 cm³/mol. The molecule has 138 valence electrons. The Balaban J connectivity index is 1.95. The van der Waals surface area contributed by atoms with Gasteiger partial charge in [-0.3, -0.25) is 0 Å². The second kappa shape index (κ2) is 7.19. The lowest BCUT2D eigenvalue weighted by Gasteiger charge is -2.09. The Morgan fingerprint density at radius 2 is 0.786 bits per heavy atom. The average Bonchev–Trinajstić information content (AvgIpc) is 2.67. The highest BCUT2D eigenvalue weighted by molar-refractivity contribution is 5.66. The largest absolute Gasteiger partial charge is 0.208 e. The normalized spacial score (nSPS) is 10.9. The standard InChI is InChI=1S/C21H11F4N3/c22-15-6-13(7-16(23)10-15)20-26-19(12-4-2-1-3-5-12)27-21(28-20)14-8-17(24)11-18(25)9-14/h1-11H. The van der Waals surface area contributed by atoms with Gasteiger partial charge in [-0.1, -0.05) is 30.3 Å². The van der Waals surface area contributed by atoms with Gasteiger partial charge < -0.3 is 0 Å².